The monoisotopic (exact) mass is 316 g/mol. The highest BCUT2D eigenvalue weighted by Gasteiger charge is 2.05. The highest BCUT2D eigenvalue weighted by molar-refractivity contribution is 9.10. The lowest BCUT2D eigenvalue weighted by molar-refractivity contribution is -0.137. The minimum Gasteiger partial charge on any atom is -0.481 e. The molecular formula is C13H17BrO2S. The molecule has 2 nitrogen and oxygen atoms in total. The maximum absolute atomic E-state index is 10.4. The molecule has 0 radical (unpaired) electrons. The van der Waals surface area contributed by atoms with Crippen molar-refractivity contribution in [3.63, 3.8) is 0 Å². The Balaban J connectivity index is 2.59. The fourth-order valence-electron chi connectivity index (χ4n) is 1.49. The molecule has 4 heteroatoms. The van der Waals surface area contributed by atoms with E-state index in [1.807, 2.05) is 11.8 Å². The van der Waals surface area contributed by atoms with Crippen LogP contribution in [0.1, 0.15) is 32.3 Å². The third kappa shape index (κ3) is 5.59. The van der Waals surface area contributed by atoms with Crippen LogP contribution in [-0.2, 0) is 11.2 Å². The maximum atomic E-state index is 10.4. The van der Waals surface area contributed by atoms with Crippen molar-refractivity contribution in [2.75, 3.05) is 0 Å². The summed E-state index contributed by atoms with van der Waals surface area (Å²) in [6, 6.07) is 6.27. The van der Waals surface area contributed by atoms with E-state index in [-0.39, 0.29) is 6.42 Å². The summed E-state index contributed by atoms with van der Waals surface area (Å²) in [4.78, 5) is 11.7. The number of carbonyl (C=O) groups is 1. The number of carboxylic acid groups (broad SMARTS) is 1. The van der Waals surface area contributed by atoms with Crippen LogP contribution in [0.25, 0.3) is 0 Å². The molecule has 0 aromatic heterocycles. The van der Waals surface area contributed by atoms with Crippen molar-refractivity contribution in [3.05, 3.63) is 28.2 Å². The minimum absolute atomic E-state index is 0.236. The van der Waals surface area contributed by atoms with Crippen LogP contribution in [0.15, 0.2) is 27.6 Å². The van der Waals surface area contributed by atoms with Crippen LogP contribution in [0.5, 0.6) is 0 Å². The van der Waals surface area contributed by atoms with E-state index in [0.717, 1.165) is 10.9 Å². The number of hydrogen-bond acceptors (Lipinski definition) is 2. The van der Waals surface area contributed by atoms with Gasteiger partial charge in [0.2, 0.25) is 0 Å². The van der Waals surface area contributed by atoms with Crippen LogP contribution in [-0.4, -0.2) is 16.3 Å². The summed E-state index contributed by atoms with van der Waals surface area (Å²) in [5.74, 6) is -0.726. The van der Waals surface area contributed by atoms with Crippen LogP contribution >= 0.6 is 27.7 Å². The van der Waals surface area contributed by atoms with Gasteiger partial charge in [0, 0.05) is 21.0 Å². The summed E-state index contributed by atoms with van der Waals surface area (Å²) in [5.41, 5.74) is 1.19. The summed E-state index contributed by atoms with van der Waals surface area (Å²) < 4.78 is 1.10. The van der Waals surface area contributed by atoms with Crippen molar-refractivity contribution in [1.82, 2.24) is 0 Å². The fraction of sp³-hybridized carbons (Fsp3) is 0.462. The summed E-state index contributed by atoms with van der Waals surface area (Å²) >= 11 is 5.38. The zero-order valence-electron chi connectivity index (χ0n) is 10.1. The molecule has 0 atom stereocenters. The lowest BCUT2D eigenvalue weighted by atomic mass is 10.1. The van der Waals surface area contributed by atoms with Crippen LogP contribution in [0, 0.1) is 0 Å². The SMILES string of the molecule is CC(C)Sc1ccc(CCCC(=O)O)cc1Br. The summed E-state index contributed by atoms with van der Waals surface area (Å²) in [6.07, 6.45) is 1.75. The second kappa shape index (κ2) is 7.07. The van der Waals surface area contributed by atoms with E-state index in [0.29, 0.717) is 11.7 Å². The molecule has 0 bridgehead atoms. The normalized spacial score (nSPS) is 10.8. The van der Waals surface area contributed by atoms with Crippen molar-refractivity contribution >= 4 is 33.7 Å². The van der Waals surface area contributed by atoms with Crippen molar-refractivity contribution in [2.45, 2.75) is 43.3 Å². The van der Waals surface area contributed by atoms with Gasteiger partial charge in [-0.15, -0.1) is 11.8 Å². The molecular weight excluding hydrogens is 300 g/mol. The van der Waals surface area contributed by atoms with Gasteiger partial charge in [-0.3, -0.25) is 4.79 Å². The quantitative estimate of drug-likeness (QED) is 0.792. The Kier molecular flexibility index (Phi) is 6.06. The standard InChI is InChI=1S/C13H17BrO2S/c1-9(2)17-12-7-6-10(8-11(12)14)4-3-5-13(15)16/h6-9H,3-5H2,1-2H3,(H,15,16). The van der Waals surface area contributed by atoms with Gasteiger partial charge in [-0.2, -0.15) is 0 Å². The average molecular weight is 317 g/mol. The summed E-state index contributed by atoms with van der Waals surface area (Å²) in [7, 11) is 0. The highest BCUT2D eigenvalue weighted by Crippen LogP contribution is 2.31. The Morgan fingerprint density at radius 1 is 1.47 bits per heavy atom. The number of halogens is 1. The van der Waals surface area contributed by atoms with E-state index in [4.69, 9.17) is 5.11 Å². The first-order chi connectivity index (χ1) is 7.99. The summed E-state index contributed by atoms with van der Waals surface area (Å²) in [6.45, 7) is 4.33. The molecule has 0 amide bonds. The number of thioether (sulfide) groups is 1. The molecule has 1 aromatic rings. The van der Waals surface area contributed by atoms with Crippen molar-refractivity contribution in [2.24, 2.45) is 0 Å². The smallest absolute Gasteiger partial charge is 0.303 e. The maximum Gasteiger partial charge on any atom is 0.303 e. The van der Waals surface area contributed by atoms with Gasteiger partial charge >= 0.3 is 5.97 Å². The van der Waals surface area contributed by atoms with Gasteiger partial charge in [0.1, 0.15) is 0 Å². The Labute approximate surface area is 115 Å². The molecule has 1 rings (SSSR count). The van der Waals surface area contributed by atoms with Crippen LogP contribution in [0.4, 0.5) is 0 Å². The molecule has 94 valence electrons. The number of aryl methyl sites for hydroxylation is 1. The van der Waals surface area contributed by atoms with E-state index in [2.05, 4.69) is 48.0 Å². The third-order valence-electron chi connectivity index (χ3n) is 2.22. The van der Waals surface area contributed by atoms with Gasteiger partial charge in [-0.1, -0.05) is 19.9 Å². The Bertz CT molecular complexity index is 391. The van der Waals surface area contributed by atoms with Crippen LogP contribution < -0.4 is 0 Å². The van der Waals surface area contributed by atoms with E-state index >= 15 is 0 Å². The zero-order valence-corrected chi connectivity index (χ0v) is 12.5. The third-order valence-corrected chi connectivity index (χ3v) is 4.21. The molecule has 0 aliphatic rings. The molecule has 0 unspecified atom stereocenters. The zero-order chi connectivity index (χ0) is 12.8. The lowest BCUT2D eigenvalue weighted by Crippen LogP contribution is -1.96. The number of aliphatic carboxylic acids is 1. The van der Waals surface area contributed by atoms with Gasteiger partial charge < -0.3 is 5.11 Å². The lowest BCUT2D eigenvalue weighted by Gasteiger charge is -2.09. The average Bonchev–Trinajstić information content (AvgIpc) is 2.21. The molecule has 0 spiro atoms. The molecule has 0 aliphatic heterocycles. The number of rotatable bonds is 6. The molecule has 0 heterocycles. The molecule has 1 aromatic carbocycles. The van der Waals surface area contributed by atoms with Gasteiger partial charge in [-0.05, 0) is 46.5 Å². The van der Waals surface area contributed by atoms with E-state index in [9.17, 15) is 4.79 Å². The first kappa shape index (κ1) is 14.6. The molecule has 0 aliphatic carbocycles. The number of benzene rings is 1. The Morgan fingerprint density at radius 2 is 2.18 bits per heavy atom. The second-order valence-corrected chi connectivity index (χ2v) is 6.65. The Morgan fingerprint density at radius 3 is 2.71 bits per heavy atom. The Hall–Kier alpha value is -0.480. The largest absolute Gasteiger partial charge is 0.481 e. The number of hydrogen-bond donors (Lipinski definition) is 1. The molecule has 1 N–H and O–H groups in total. The highest BCUT2D eigenvalue weighted by atomic mass is 79.9. The van der Waals surface area contributed by atoms with E-state index in [1.54, 1.807) is 0 Å². The molecule has 0 saturated heterocycles. The van der Waals surface area contributed by atoms with Crippen molar-refractivity contribution in [1.29, 1.82) is 0 Å². The van der Waals surface area contributed by atoms with Crippen molar-refractivity contribution in [3.8, 4) is 0 Å². The van der Waals surface area contributed by atoms with Gasteiger partial charge in [-0.25, -0.2) is 0 Å². The van der Waals surface area contributed by atoms with Crippen LogP contribution in [0.2, 0.25) is 0 Å². The predicted molar refractivity (Wildman–Crippen MR) is 75.7 cm³/mol. The minimum atomic E-state index is -0.726. The fourth-order valence-corrected chi connectivity index (χ4v) is 3.03. The molecule has 0 saturated carbocycles. The van der Waals surface area contributed by atoms with E-state index in [1.165, 1.54) is 10.5 Å². The van der Waals surface area contributed by atoms with Gasteiger partial charge in [0.05, 0.1) is 0 Å². The molecule has 17 heavy (non-hydrogen) atoms. The van der Waals surface area contributed by atoms with E-state index < -0.39 is 5.97 Å². The first-order valence-electron chi connectivity index (χ1n) is 5.66. The molecule has 0 fully saturated rings. The predicted octanol–water partition coefficient (Wildman–Crippen LogP) is 4.36. The van der Waals surface area contributed by atoms with Gasteiger partial charge in [0.25, 0.3) is 0 Å². The summed E-state index contributed by atoms with van der Waals surface area (Å²) in [5, 5.41) is 9.14. The van der Waals surface area contributed by atoms with Crippen LogP contribution in [0.3, 0.4) is 0 Å². The van der Waals surface area contributed by atoms with Crippen molar-refractivity contribution < 1.29 is 9.90 Å². The number of carboxylic acids is 1. The second-order valence-electron chi connectivity index (χ2n) is 4.18. The first-order valence-corrected chi connectivity index (χ1v) is 7.33. The van der Waals surface area contributed by atoms with Gasteiger partial charge in [0.15, 0.2) is 0 Å². The topological polar surface area (TPSA) is 37.3 Å².